The molecule has 1 rings (SSSR count). The second kappa shape index (κ2) is 3.58. The second-order valence-electron chi connectivity index (χ2n) is 2.47. The van der Waals surface area contributed by atoms with Crippen LogP contribution in [0.1, 0.15) is 6.92 Å². The molecule has 5 heteroatoms. The highest BCUT2D eigenvalue weighted by atomic mass is 35.5. The normalized spacial score (nSPS) is 12.6. The SMILES string of the molecule is CC(Cl)C(=O)Nc1nccn1C. The van der Waals surface area contributed by atoms with Gasteiger partial charge >= 0.3 is 0 Å². The van der Waals surface area contributed by atoms with E-state index >= 15 is 0 Å². The molecule has 0 saturated heterocycles. The Morgan fingerprint density at radius 1 is 1.83 bits per heavy atom. The Morgan fingerprint density at radius 3 is 2.92 bits per heavy atom. The van der Waals surface area contributed by atoms with Crippen LogP contribution in [0.15, 0.2) is 12.4 Å². The molecular formula is C7H10ClN3O. The molecule has 1 aromatic heterocycles. The van der Waals surface area contributed by atoms with Crippen LogP contribution in [0.5, 0.6) is 0 Å². The quantitative estimate of drug-likeness (QED) is 0.702. The Kier molecular flexibility index (Phi) is 2.70. The average Bonchev–Trinajstić information content (AvgIpc) is 2.36. The van der Waals surface area contributed by atoms with Gasteiger partial charge in [0.1, 0.15) is 5.38 Å². The third-order valence-electron chi connectivity index (χ3n) is 1.42. The molecule has 0 radical (unpaired) electrons. The zero-order chi connectivity index (χ0) is 9.14. The van der Waals surface area contributed by atoms with Gasteiger partial charge in [0.05, 0.1) is 0 Å². The van der Waals surface area contributed by atoms with E-state index in [0.29, 0.717) is 5.95 Å². The Morgan fingerprint density at radius 2 is 2.50 bits per heavy atom. The third kappa shape index (κ3) is 1.98. The summed E-state index contributed by atoms with van der Waals surface area (Å²) in [5.41, 5.74) is 0. The Labute approximate surface area is 75.5 Å². The van der Waals surface area contributed by atoms with Crippen molar-refractivity contribution in [2.45, 2.75) is 12.3 Å². The predicted molar refractivity (Wildman–Crippen MR) is 47.2 cm³/mol. The maximum Gasteiger partial charge on any atom is 0.244 e. The molecule has 0 aliphatic heterocycles. The van der Waals surface area contributed by atoms with Gasteiger partial charge in [-0.15, -0.1) is 11.6 Å². The molecule has 0 fully saturated rings. The van der Waals surface area contributed by atoms with Crippen molar-refractivity contribution in [3.8, 4) is 0 Å². The first-order chi connectivity index (χ1) is 5.61. The number of anilines is 1. The smallest absolute Gasteiger partial charge is 0.244 e. The molecular weight excluding hydrogens is 178 g/mol. The van der Waals surface area contributed by atoms with Gasteiger partial charge in [-0.2, -0.15) is 0 Å². The standard InChI is InChI=1S/C7H10ClN3O/c1-5(8)6(12)10-7-9-3-4-11(7)2/h3-5H,1-2H3,(H,9,10,12). The highest BCUT2D eigenvalue weighted by molar-refractivity contribution is 6.32. The molecule has 0 aromatic carbocycles. The zero-order valence-corrected chi connectivity index (χ0v) is 7.67. The Bertz CT molecular complexity index is 282. The van der Waals surface area contributed by atoms with E-state index in [1.165, 1.54) is 0 Å². The van der Waals surface area contributed by atoms with Crippen molar-refractivity contribution in [1.82, 2.24) is 9.55 Å². The van der Waals surface area contributed by atoms with Gasteiger partial charge in [0.25, 0.3) is 0 Å². The summed E-state index contributed by atoms with van der Waals surface area (Å²) in [6, 6.07) is 0. The van der Waals surface area contributed by atoms with E-state index in [2.05, 4.69) is 10.3 Å². The van der Waals surface area contributed by atoms with Crippen LogP contribution < -0.4 is 5.32 Å². The van der Waals surface area contributed by atoms with E-state index < -0.39 is 5.38 Å². The zero-order valence-electron chi connectivity index (χ0n) is 6.91. The van der Waals surface area contributed by atoms with Crippen molar-refractivity contribution in [3.63, 3.8) is 0 Å². The van der Waals surface area contributed by atoms with Gasteiger partial charge < -0.3 is 4.57 Å². The molecule has 0 saturated carbocycles. The second-order valence-corrected chi connectivity index (χ2v) is 3.12. The van der Waals surface area contributed by atoms with Crippen LogP contribution >= 0.6 is 11.6 Å². The minimum Gasteiger partial charge on any atom is -0.320 e. The lowest BCUT2D eigenvalue weighted by Crippen LogP contribution is -2.22. The lowest BCUT2D eigenvalue weighted by molar-refractivity contribution is -0.115. The van der Waals surface area contributed by atoms with Gasteiger partial charge in [0, 0.05) is 19.4 Å². The minimum absolute atomic E-state index is 0.244. The average molecular weight is 188 g/mol. The lowest BCUT2D eigenvalue weighted by atomic mass is 10.4. The number of imidazole rings is 1. The summed E-state index contributed by atoms with van der Waals surface area (Å²) in [5, 5.41) is 2.03. The number of alkyl halides is 1. The van der Waals surface area contributed by atoms with Crippen LogP contribution in [0.4, 0.5) is 5.95 Å². The summed E-state index contributed by atoms with van der Waals surface area (Å²) in [5.74, 6) is 0.262. The summed E-state index contributed by atoms with van der Waals surface area (Å²) in [6.45, 7) is 1.61. The van der Waals surface area contributed by atoms with Crippen LogP contribution in [-0.4, -0.2) is 20.8 Å². The fourth-order valence-electron chi connectivity index (χ4n) is 0.696. The molecule has 1 amide bonds. The van der Waals surface area contributed by atoms with Gasteiger partial charge in [0.15, 0.2) is 0 Å². The van der Waals surface area contributed by atoms with Crippen LogP contribution in [0.3, 0.4) is 0 Å². The number of rotatable bonds is 2. The van der Waals surface area contributed by atoms with Crippen molar-refractivity contribution in [1.29, 1.82) is 0 Å². The van der Waals surface area contributed by atoms with E-state index in [1.54, 1.807) is 30.9 Å². The van der Waals surface area contributed by atoms with Gasteiger partial charge in [0.2, 0.25) is 11.9 Å². The third-order valence-corrected chi connectivity index (χ3v) is 1.62. The van der Waals surface area contributed by atoms with E-state index in [0.717, 1.165) is 0 Å². The summed E-state index contributed by atoms with van der Waals surface area (Å²) < 4.78 is 1.71. The molecule has 0 aliphatic rings. The van der Waals surface area contributed by atoms with Crippen molar-refractivity contribution in [2.75, 3.05) is 5.32 Å². The van der Waals surface area contributed by atoms with Crippen LogP contribution in [0, 0.1) is 0 Å². The van der Waals surface area contributed by atoms with E-state index in [1.807, 2.05) is 0 Å². The molecule has 1 N–H and O–H groups in total. The molecule has 1 unspecified atom stereocenters. The molecule has 1 heterocycles. The van der Waals surface area contributed by atoms with Crippen LogP contribution in [-0.2, 0) is 11.8 Å². The number of carbonyl (C=O) groups excluding carboxylic acids is 1. The summed E-state index contributed by atoms with van der Waals surface area (Å²) >= 11 is 5.55. The predicted octanol–water partition coefficient (Wildman–Crippen LogP) is 0.986. The van der Waals surface area contributed by atoms with Crippen LogP contribution in [0.2, 0.25) is 0 Å². The number of carbonyl (C=O) groups is 1. The number of aryl methyl sites for hydroxylation is 1. The van der Waals surface area contributed by atoms with E-state index in [-0.39, 0.29) is 5.91 Å². The maximum absolute atomic E-state index is 11.1. The summed E-state index contributed by atoms with van der Waals surface area (Å²) in [6.07, 6.45) is 3.35. The largest absolute Gasteiger partial charge is 0.320 e. The van der Waals surface area contributed by atoms with Crippen molar-refractivity contribution < 1.29 is 4.79 Å². The van der Waals surface area contributed by atoms with E-state index in [9.17, 15) is 4.79 Å². The topological polar surface area (TPSA) is 46.9 Å². The molecule has 0 bridgehead atoms. The number of halogens is 1. The number of aromatic nitrogens is 2. The maximum atomic E-state index is 11.1. The summed E-state index contributed by atoms with van der Waals surface area (Å²) in [7, 11) is 1.79. The van der Waals surface area contributed by atoms with Gasteiger partial charge in [-0.3, -0.25) is 10.1 Å². The Hall–Kier alpha value is -1.03. The first-order valence-electron chi connectivity index (χ1n) is 3.53. The van der Waals surface area contributed by atoms with E-state index in [4.69, 9.17) is 11.6 Å². The minimum atomic E-state index is -0.540. The number of hydrogen-bond donors (Lipinski definition) is 1. The summed E-state index contributed by atoms with van der Waals surface area (Å²) in [4.78, 5) is 15.0. The fourth-order valence-corrected chi connectivity index (χ4v) is 0.750. The molecule has 4 nitrogen and oxygen atoms in total. The van der Waals surface area contributed by atoms with Crippen molar-refractivity contribution in [2.24, 2.45) is 7.05 Å². The molecule has 12 heavy (non-hydrogen) atoms. The molecule has 0 spiro atoms. The van der Waals surface area contributed by atoms with Crippen LogP contribution in [0.25, 0.3) is 0 Å². The van der Waals surface area contributed by atoms with Crippen molar-refractivity contribution >= 4 is 23.5 Å². The highest BCUT2D eigenvalue weighted by Gasteiger charge is 2.10. The highest BCUT2D eigenvalue weighted by Crippen LogP contribution is 2.03. The molecule has 0 aliphatic carbocycles. The van der Waals surface area contributed by atoms with Crippen molar-refractivity contribution in [3.05, 3.63) is 12.4 Å². The lowest BCUT2D eigenvalue weighted by Gasteiger charge is -2.04. The number of nitrogens with one attached hydrogen (secondary N) is 1. The first-order valence-corrected chi connectivity index (χ1v) is 3.97. The Balaban J connectivity index is 2.64. The van der Waals surface area contributed by atoms with Gasteiger partial charge in [-0.05, 0) is 6.92 Å². The fraction of sp³-hybridized carbons (Fsp3) is 0.429. The first kappa shape index (κ1) is 9.06. The van der Waals surface area contributed by atoms with Gasteiger partial charge in [-0.1, -0.05) is 0 Å². The monoisotopic (exact) mass is 187 g/mol. The van der Waals surface area contributed by atoms with Gasteiger partial charge in [-0.25, -0.2) is 4.98 Å². The number of nitrogens with zero attached hydrogens (tertiary/aromatic N) is 2. The molecule has 1 aromatic rings. The molecule has 66 valence electrons. The number of hydrogen-bond acceptors (Lipinski definition) is 2. The molecule has 1 atom stereocenters. The number of amides is 1.